The van der Waals surface area contributed by atoms with Gasteiger partial charge in [0.25, 0.3) is 5.91 Å². The van der Waals surface area contributed by atoms with E-state index in [-0.39, 0.29) is 17.2 Å². The summed E-state index contributed by atoms with van der Waals surface area (Å²) in [6, 6.07) is 10.7. The number of piperazine rings is 1. The molecular weight excluding hydrogens is 546 g/mol. The van der Waals surface area contributed by atoms with Crippen LogP contribution in [0.5, 0.6) is 0 Å². The number of halogens is 6. The van der Waals surface area contributed by atoms with Crippen molar-refractivity contribution in [2.45, 2.75) is 39.2 Å². The van der Waals surface area contributed by atoms with E-state index >= 15 is 0 Å². The normalized spacial score (nSPS) is 14.8. The summed E-state index contributed by atoms with van der Waals surface area (Å²) in [5.41, 5.74) is -0.573. The molecule has 0 bridgehead atoms. The van der Waals surface area contributed by atoms with Gasteiger partial charge in [-0.15, -0.1) is 0 Å². The highest BCUT2D eigenvalue weighted by Crippen LogP contribution is 2.37. The van der Waals surface area contributed by atoms with Crippen LogP contribution < -0.4 is 4.90 Å². The van der Waals surface area contributed by atoms with Crippen molar-refractivity contribution in [2.75, 3.05) is 44.7 Å². The molecule has 4 rings (SSSR count). The largest absolute Gasteiger partial charge is 0.416 e. The second-order valence-corrected chi connectivity index (χ2v) is 10.4. The van der Waals surface area contributed by atoms with Crippen LogP contribution >= 0.6 is 0 Å². The number of carbonyl (C=O) groups is 1. The van der Waals surface area contributed by atoms with Crippen LogP contribution in [0.3, 0.4) is 0 Å². The fourth-order valence-electron chi connectivity index (χ4n) is 4.94. The number of carbonyl (C=O) groups excluding carboxylic acids is 1. The third-order valence-electron chi connectivity index (χ3n) is 7.13. The standard InChI is InChI=1S/C30H32F6N4O/c1-4-9-39-10-12-40(13-11-39)27-17-25(22-7-5-20(2)6-8-22)26(18-37-27)28(41)38(3)19-21-14-23(29(31,32)33)16-24(15-21)30(34,35)36/h5-8,14-18H,4,9-13,19H2,1-3H3. The third kappa shape index (κ3) is 7.38. The molecule has 2 heterocycles. The Morgan fingerprint density at radius 1 is 0.902 bits per heavy atom. The first kappa shape index (κ1) is 30.4. The Morgan fingerprint density at radius 2 is 1.49 bits per heavy atom. The number of hydrogen-bond donors (Lipinski definition) is 0. The number of aryl methyl sites for hydroxylation is 1. The number of amides is 1. The first-order valence-electron chi connectivity index (χ1n) is 13.3. The van der Waals surface area contributed by atoms with Crippen LogP contribution in [-0.2, 0) is 18.9 Å². The molecule has 1 saturated heterocycles. The van der Waals surface area contributed by atoms with Gasteiger partial charge in [0.2, 0.25) is 0 Å². The number of alkyl halides is 6. The summed E-state index contributed by atoms with van der Waals surface area (Å²) < 4.78 is 80.1. The van der Waals surface area contributed by atoms with Gasteiger partial charge < -0.3 is 9.80 Å². The van der Waals surface area contributed by atoms with Crippen molar-refractivity contribution in [3.63, 3.8) is 0 Å². The number of anilines is 1. The molecule has 11 heteroatoms. The first-order valence-corrected chi connectivity index (χ1v) is 13.3. The molecule has 0 atom stereocenters. The first-order chi connectivity index (χ1) is 19.3. The zero-order valence-corrected chi connectivity index (χ0v) is 23.1. The van der Waals surface area contributed by atoms with Crippen molar-refractivity contribution in [3.8, 4) is 11.1 Å². The number of pyridine rings is 1. The van der Waals surface area contributed by atoms with E-state index in [0.29, 0.717) is 23.5 Å². The molecule has 1 amide bonds. The lowest BCUT2D eigenvalue weighted by molar-refractivity contribution is -0.143. The van der Waals surface area contributed by atoms with E-state index in [9.17, 15) is 31.1 Å². The Labute approximate surface area is 235 Å². The number of hydrogen-bond acceptors (Lipinski definition) is 4. The van der Waals surface area contributed by atoms with E-state index < -0.39 is 35.9 Å². The fraction of sp³-hybridized carbons (Fsp3) is 0.400. The lowest BCUT2D eigenvalue weighted by Gasteiger charge is -2.35. The molecular formula is C30H32F6N4O. The lowest BCUT2D eigenvalue weighted by atomic mass is 9.99. The van der Waals surface area contributed by atoms with Gasteiger partial charge in [-0.3, -0.25) is 9.69 Å². The van der Waals surface area contributed by atoms with Gasteiger partial charge >= 0.3 is 12.4 Å². The minimum Gasteiger partial charge on any atom is -0.354 e. The maximum absolute atomic E-state index is 13.6. The molecule has 1 fully saturated rings. The predicted octanol–water partition coefficient (Wildman–Crippen LogP) is 6.90. The average Bonchev–Trinajstić information content (AvgIpc) is 2.92. The van der Waals surface area contributed by atoms with Crippen LogP contribution in [0.4, 0.5) is 32.2 Å². The van der Waals surface area contributed by atoms with Crippen LogP contribution in [0.15, 0.2) is 54.7 Å². The molecule has 41 heavy (non-hydrogen) atoms. The monoisotopic (exact) mass is 578 g/mol. The summed E-state index contributed by atoms with van der Waals surface area (Å²) in [5.74, 6) is 0.127. The number of aromatic nitrogens is 1. The summed E-state index contributed by atoms with van der Waals surface area (Å²) in [4.78, 5) is 23.8. The highest BCUT2D eigenvalue weighted by Gasteiger charge is 2.37. The molecule has 0 radical (unpaired) electrons. The quantitative estimate of drug-likeness (QED) is 0.286. The van der Waals surface area contributed by atoms with Gasteiger partial charge in [0.1, 0.15) is 5.82 Å². The molecule has 3 aromatic rings. The zero-order valence-electron chi connectivity index (χ0n) is 23.1. The van der Waals surface area contributed by atoms with Crippen molar-refractivity contribution in [1.82, 2.24) is 14.8 Å². The minimum atomic E-state index is -4.97. The van der Waals surface area contributed by atoms with E-state index in [2.05, 4.69) is 21.7 Å². The summed E-state index contributed by atoms with van der Waals surface area (Å²) >= 11 is 0. The number of benzene rings is 2. The fourth-order valence-corrected chi connectivity index (χ4v) is 4.94. The Kier molecular flexibility index (Phi) is 8.96. The van der Waals surface area contributed by atoms with E-state index in [4.69, 9.17) is 0 Å². The Morgan fingerprint density at radius 3 is 2.02 bits per heavy atom. The SMILES string of the molecule is CCCN1CCN(c2cc(-c3ccc(C)cc3)c(C(=O)N(C)Cc3cc(C(F)(F)F)cc(C(F)(F)F)c3)cn2)CC1. The van der Waals surface area contributed by atoms with Crippen LogP contribution in [0.25, 0.3) is 11.1 Å². The van der Waals surface area contributed by atoms with Gasteiger partial charge in [0, 0.05) is 46.0 Å². The highest BCUT2D eigenvalue weighted by atomic mass is 19.4. The van der Waals surface area contributed by atoms with Crippen LogP contribution in [-0.4, -0.2) is 60.5 Å². The molecule has 0 N–H and O–H groups in total. The molecule has 1 aliphatic heterocycles. The second kappa shape index (κ2) is 12.1. The van der Waals surface area contributed by atoms with Crippen molar-refractivity contribution in [3.05, 3.63) is 82.5 Å². The van der Waals surface area contributed by atoms with Gasteiger partial charge in [-0.25, -0.2) is 4.98 Å². The van der Waals surface area contributed by atoms with E-state index in [1.807, 2.05) is 37.3 Å². The topological polar surface area (TPSA) is 39.7 Å². The van der Waals surface area contributed by atoms with Gasteiger partial charge in [-0.05, 0) is 60.8 Å². The number of rotatable bonds is 7. The smallest absolute Gasteiger partial charge is 0.354 e. The van der Waals surface area contributed by atoms with Gasteiger partial charge in [-0.2, -0.15) is 26.3 Å². The van der Waals surface area contributed by atoms with Crippen molar-refractivity contribution >= 4 is 11.7 Å². The van der Waals surface area contributed by atoms with E-state index in [1.165, 1.54) is 13.2 Å². The van der Waals surface area contributed by atoms with Crippen molar-refractivity contribution < 1.29 is 31.1 Å². The molecule has 5 nitrogen and oxygen atoms in total. The lowest BCUT2D eigenvalue weighted by Crippen LogP contribution is -2.46. The minimum absolute atomic E-state index is 0.0749. The summed E-state index contributed by atoms with van der Waals surface area (Å²) in [6.45, 7) is 7.94. The van der Waals surface area contributed by atoms with Gasteiger partial charge in [0.15, 0.2) is 0 Å². The van der Waals surface area contributed by atoms with Crippen molar-refractivity contribution in [1.29, 1.82) is 0 Å². The third-order valence-corrected chi connectivity index (χ3v) is 7.13. The van der Waals surface area contributed by atoms with Crippen molar-refractivity contribution in [2.24, 2.45) is 0 Å². The zero-order chi connectivity index (χ0) is 29.9. The molecule has 0 saturated carbocycles. The van der Waals surface area contributed by atoms with E-state index in [0.717, 1.165) is 55.2 Å². The Bertz CT molecular complexity index is 1330. The Balaban J connectivity index is 1.66. The highest BCUT2D eigenvalue weighted by molar-refractivity contribution is 6.01. The van der Waals surface area contributed by atoms with Crippen LogP contribution in [0.1, 0.15) is 46.0 Å². The number of nitrogens with zero attached hydrogens (tertiary/aromatic N) is 4. The molecule has 220 valence electrons. The molecule has 0 unspecified atom stereocenters. The van der Waals surface area contributed by atoms with Crippen LogP contribution in [0, 0.1) is 6.92 Å². The summed E-state index contributed by atoms with van der Waals surface area (Å²) in [5, 5.41) is 0. The summed E-state index contributed by atoms with van der Waals surface area (Å²) in [7, 11) is 1.34. The molecule has 0 spiro atoms. The maximum Gasteiger partial charge on any atom is 0.416 e. The van der Waals surface area contributed by atoms with Gasteiger partial charge in [0.05, 0.1) is 16.7 Å². The van der Waals surface area contributed by atoms with Crippen LogP contribution in [0.2, 0.25) is 0 Å². The summed E-state index contributed by atoms with van der Waals surface area (Å²) in [6.07, 6.45) is -7.44. The molecule has 2 aromatic carbocycles. The average molecular weight is 579 g/mol. The van der Waals surface area contributed by atoms with Gasteiger partial charge in [-0.1, -0.05) is 36.8 Å². The molecule has 0 aliphatic carbocycles. The predicted molar refractivity (Wildman–Crippen MR) is 146 cm³/mol. The second-order valence-electron chi connectivity index (χ2n) is 10.4. The molecule has 1 aromatic heterocycles. The van der Waals surface area contributed by atoms with E-state index in [1.54, 1.807) is 0 Å². The molecule has 1 aliphatic rings. The maximum atomic E-state index is 13.6. The Hall–Kier alpha value is -3.60.